The van der Waals surface area contributed by atoms with Crippen LogP contribution < -0.4 is 5.32 Å². The van der Waals surface area contributed by atoms with Gasteiger partial charge in [-0.25, -0.2) is 0 Å². The van der Waals surface area contributed by atoms with Crippen molar-refractivity contribution in [3.05, 3.63) is 0 Å². The van der Waals surface area contributed by atoms with E-state index in [1.54, 1.807) is 0 Å². The van der Waals surface area contributed by atoms with Gasteiger partial charge in [0.1, 0.15) is 0 Å². The minimum absolute atomic E-state index is 0.0365. The van der Waals surface area contributed by atoms with Crippen molar-refractivity contribution in [2.45, 2.75) is 25.1 Å². The van der Waals surface area contributed by atoms with Crippen LogP contribution in [0.15, 0.2) is 0 Å². The van der Waals surface area contributed by atoms with E-state index < -0.39 is 12.7 Å². The summed E-state index contributed by atoms with van der Waals surface area (Å²) in [5.41, 5.74) is 0. The Hall–Kier alpha value is -0.370. The number of nitrogens with one attached hydrogen (secondary N) is 1. The molecule has 0 aromatic heterocycles. The Bertz CT molecular complexity index is 221. The van der Waals surface area contributed by atoms with Gasteiger partial charge < -0.3 is 15.2 Å². The second-order valence-electron chi connectivity index (χ2n) is 4.40. The number of halogens is 3. The number of rotatable bonds is 7. The number of aliphatic hydroxyl groups excluding tert-OH is 1. The highest BCUT2D eigenvalue weighted by Crippen LogP contribution is 2.20. The van der Waals surface area contributed by atoms with Crippen LogP contribution in [0.5, 0.6) is 0 Å². The highest BCUT2D eigenvalue weighted by molar-refractivity contribution is 4.79. The Labute approximate surface area is 105 Å². The van der Waals surface area contributed by atoms with Crippen molar-refractivity contribution in [1.29, 1.82) is 0 Å². The topological polar surface area (TPSA) is 44.7 Å². The molecule has 18 heavy (non-hydrogen) atoms. The highest BCUT2D eigenvalue weighted by Gasteiger charge is 2.34. The van der Waals surface area contributed by atoms with Crippen LogP contribution in [0.1, 0.15) is 12.8 Å². The van der Waals surface area contributed by atoms with E-state index in [2.05, 4.69) is 5.32 Å². The van der Waals surface area contributed by atoms with E-state index in [1.165, 1.54) is 4.90 Å². The predicted octanol–water partition coefficient (Wildman–Crippen LogP) is 0.612. The summed E-state index contributed by atoms with van der Waals surface area (Å²) in [7, 11) is 0. The molecule has 7 heteroatoms. The maximum Gasteiger partial charge on any atom is 0.401 e. The highest BCUT2D eigenvalue weighted by atomic mass is 19.4. The lowest BCUT2D eigenvalue weighted by atomic mass is 10.0. The minimum atomic E-state index is -4.18. The molecule has 4 nitrogen and oxygen atoms in total. The lowest BCUT2D eigenvalue weighted by Gasteiger charge is -2.35. The Morgan fingerprint density at radius 2 is 1.89 bits per heavy atom. The molecule has 0 bridgehead atoms. The average Bonchev–Trinajstić information content (AvgIpc) is 2.33. The molecule has 0 amide bonds. The largest absolute Gasteiger partial charge is 0.401 e. The molecule has 1 aliphatic heterocycles. The predicted molar refractivity (Wildman–Crippen MR) is 61.4 cm³/mol. The number of aliphatic hydroxyl groups is 1. The zero-order chi connectivity index (χ0) is 13.4. The Morgan fingerprint density at radius 1 is 1.22 bits per heavy atom. The average molecular weight is 270 g/mol. The number of hydrogen-bond acceptors (Lipinski definition) is 4. The molecule has 1 heterocycles. The van der Waals surface area contributed by atoms with Crippen molar-refractivity contribution in [3.8, 4) is 0 Å². The van der Waals surface area contributed by atoms with Crippen LogP contribution in [-0.4, -0.2) is 68.2 Å². The van der Waals surface area contributed by atoms with Crippen molar-refractivity contribution in [3.63, 3.8) is 0 Å². The summed E-state index contributed by atoms with van der Waals surface area (Å²) in [6, 6.07) is -0.0365. The summed E-state index contributed by atoms with van der Waals surface area (Å²) < 4.78 is 42.5. The maximum absolute atomic E-state index is 12.5. The van der Waals surface area contributed by atoms with Crippen LogP contribution in [0.4, 0.5) is 13.2 Å². The van der Waals surface area contributed by atoms with E-state index in [-0.39, 0.29) is 32.4 Å². The van der Waals surface area contributed by atoms with Gasteiger partial charge in [0.25, 0.3) is 0 Å². The van der Waals surface area contributed by atoms with Crippen LogP contribution in [0.3, 0.4) is 0 Å². The molecule has 1 rings (SSSR count). The number of ether oxygens (including phenoxy) is 1. The van der Waals surface area contributed by atoms with Crippen molar-refractivity contribution in [2.75, 3.05) is 46.0 Å². The van der Waals surface area contributed by atoms with E-state index in [4.69, 9.17) is 9.84 Å². The summed E-state index contributed by atoms with van der Waals surface area (Å²) >= 11 is 0. The zero-order valence-electron chi connectivity index (χ0n) is 10.4. The fraction of sp³-hybridized carbons (Fsp3) is 1.00. The van der Waals surface area contributed by atoms with Crippen molar-refractivity contribution >= 4 is 0 Å². The first kappa shape index (κ1) is 15.7. The SMILES string of the molecule is OCCOCCN(CC(F)(F)F)C1CCNCC1. The fourth-order valence-electron chi connectivity index (χ4n) is 2.14. The van der Waals surface area contributed by atoms with E-state index >= 15 is 0 Å². The molecule has 0 atom stereocenters. The van der Waals surface area contributed by atoms with Gasteiger partial charge in [0, 0.05) is 12.6 Å². The van der Waals surface area contributed by atoms with Crippen LogP contribution >= 0.6 is 0 Å². The number of alkyl halides is 3. The van der Waals surface area contributed by atoms with E-state index in [1.807, 2.05) is 0 Å². The molecule has 1 saturated heterocycles. The number of nitrogens with zero attached hydrogens (tertiary/aromatic N) is 1. The lowest BCUT2D eigenvalue weighted by molar-refractivity contribution is -0.153. The van der Waals surface area contributed by atoms with Gasteiger partial charge in [-0.1, -0.05) is 0 Å². The van der Waals surface area contributed by atoms with E-state index in [0.29, 0.717) is 0 Å². The third kappa shape index (κ3) is 6.53. The Morgan fingerprint density at radius 3 is 2.44 bits per heavy atom. The van der Waals surface area contributed by atoms with Crippen LogP contribution in [0.25, 0.3) is 0 Å². The summed E-state index contributed by atoms with van der Waals surface area (Å²) in [5.74, 6) is 0. The molecule has 0 saturated carbocycles. The smallest absolute Gasteiger partial charge is 0.394 e. The molecule has 108 valence electrons. The first-order valence-electron chi connectivity index (χ1n) is 6.23. The second kappa shape index (κ2) is 7.93. The third-order valence-electron chi connectivity index (χ3n) is 2.97. The maximum atomic E-state index is 12.5. The standard InChI is InChI=1S/C11H21F3N2O2/c12-11(13,14)9-16(5-7-18-8-6-17)10-1-3-15-4-2-10/h10,15,17H,1-9H2. The molecule has 1 fully saturated rings. The van der Waals surface area contributed by atoms with Gasteiger partial charge in [-0.15, -0.1) is 0 Å². The van der Waals surface area contributed by atoms with Gasteiger partial charge in [0.05, 0.1) is 26.4 Å². The first-order chi connectivity index (χ1) is 8.53. The molecule has 0 aromatic rings. The van der Waals surface area contributed by atoms with Gasteiger partial charge in [0.15, 0.2) is 0 Å². The molecule has 0 radical (unpaired) electrons. The quantitative estimate of drug-likeness (QED) is 0.665. The molecule has 2 N–H and O–H groups in total. The number of piperidine rings is 1. The summed E-state index contributed by atoms with van der Waals surface area (Å²) in [5, 5.41) is 11.7. The molecular weight excluding hydrogens is 249 g/mol. The van der Waals surface area contributed by atoms with Gasteiger partial charge >= 0.3 is 6.18 Å². The number of hydrogen-bond donors (Lipinski definition) is 2. The Balaban J connectivity index is 2.40. The summed E-state index contributed by atoms with van der Waals surface area (Å²) in [6.07, 6.45) is -2.71. The van der Waals surface area contributed by atoms with Gasteiger partial charge in [0.2, 0.25) is 0 Å². The third-order valence-corrected chi connectivity index (χ3v) is 2.97. The molecule has 0 spiro atoms. The van der Waals surface area contributed by atoms with Crippen molar-refractivity contribution in [1.82, 2.24) is 10.2 Å². The molecule has 1 aliphatic rings. The minimum Gasteiger partial charge on any atom is -0.394 e. The lowest BCUT2D eigenvalue weighted by Crippen LogP contribution is -2.48. The molecule has 0 aromatic carbocycles. The molecular formula is C11H21F3N2O2. The van der Waals surface area contributed by atoms with Gasteiger partial charge in [-0.3, -0.25) is 4.90 Å². The van der Waals surface area contributed by atoms with Crippen LogP contribution in [0, 0.1) is 0 Å². The van der Waals surface area contributed by atoms with Gasteiger partial charge in [-0.2, -0.15) is 13.2 Å². The van der Waals surface area contributed by atoms with E-state index in [9.17, 15) is 13.2 Å². The van der Waals surface area contributed by atoms with E-state index in [0.717, 1.165) is 25.9 Å². The normalized spacial score (nSPS) is 18.5. The summed E-state index contributed by atoms with van der Waals surface area (Å²) in [4.78, 5) is 1.44. The zero-order valence-corrected chi connectivity index (χ0v) is 10.4. The van der Waals surface area contributed by atoms with Gasteiger partial charge in [-0.05, 0) is 25.9 Å². The van der Waals surface area contributed by atoms with Crippen LogP contribution in [0.2, 0.25) is 0 Å². The molecule has 0 aliphatic carbocycles. The fourth-order valence-corrected chi connectivity index (χ4v) is 2.14. The molecule has 0 unspecified atom stereocenters. The van der Waals surface area contributed by atoms with Crippen LogP contribution in [-0.2, 0) is 4.74 Å². The first-order valence-corrected chi connectivity index (χ1v) is 6.23. The van der Waals surface area contributed by atoms with Crippen molar-refractivity contribution in [2.24, 2.45) is 0 Å². The monoisotopic (exact) mass is 270 g/mol. The van der Waals surface area contributed by atoms with Crippen molar-refractivity contribution < 1.29 is 23.0 Å². The summed E-state index contributed by atoms with van der Waals surface area (Å²) in [6.45, 7) is 1.18. The Kier molecular flexibility index (Phi) is 6.91. The second-order valence-corrected chi connectivity index (χ2v) is 4.40.